The van der Waals surface area contributed by atoms with Gasteiger partial charge in [0, 0.05) is 25.2 Å². The largest absolute Gasteiger partial charge is 0.340 e. The molecule has 0 spiro atoms. The average Bonchev–Trinajstić information content (AvgIpc) is 2.58. The van der Waals surface area contributed by atoms with Crippen LogP contribution < -0.4 is 5.32 Å². The number of anilines is 2. The highest BCUT2D eigenvalue weighted by molar-refractivity contribution is 5.76. The van der Waals surface area contributed by atoms with Crippen LogP contribution in [0.4, 0.5) is 11.5 Å². The molecule has 0 aliphatic heterocycles. The lowest BCUT2D eigenvalue weighted by Crippen LogP contribution is -1.95. The molecule has 0 aliphatic rings. The van der Waals surface area contributed by atoms with E-state index >= 15 is 0 Å². The minimum absolute atomic E-state index is 0. The zero-order valence-electron chi connectivity index (χ0n) is 14.0. The molecule has 22 heavy (non-hydrogen) atoms. The van der Waals surface area contributed by atoms with Gasteiger partial charge in [0.2, 0.25) is 0 Å². The fourth-order valence-electron chi connectivity index (χ4n) is 1.80. The summed E-state index contributed by atoms with van der Waals surface area (Å²) in [5.41, 5.74) is 3.74. The van der Waals surface area contributed by atoms with Crippen LogP contribution in [-0.2, 0) is 0 Å². The molecule has 0 saturated carbocycles. The Morgan fingerprint density at radius 1 is 0.864 bits per heavy atom. The first-order valence-electron chi connectivity index (χ1n) is 7.73. The molecule has 4 nitrogen and oxygen atoms in total. The third-order valence-electron chi connectivity index (χ3n) is 2.63. The van der Waals surface area contributed by atoms with Crippen LogP contribution in [0.5, 0.6) is 0 Å². The van der Waals surface area contributed by atoms with Gasteiger partial charge in [0.05, 0.1) is 11.0 Å². The Morgan fingerprint density at radius 3 is 2.36 bits per heavy atom. The molecule has 3 aromatic heterocycles. The van der Waals surface area contributed by atoms with Crippen molar-refractivity contribution in [3.05, 3.63) is 54.5 Å². The predicted octanol–water partition coefficient (Wildman–Crippen LogP) is 5.38. The van der Waals surface area contributed by atoms with Gasteiger partial charge >= 0.3 is 0 Å². The second kappa shape index (κ2) is 9.45. The van der Waals surface area contributed by atoms with Gasteiger partial charge in [-0.15, -0.1) is 0 Å². The van der Waals surface area contributed by atoms with E-state index in [0.717, 1.165) is 28.2 Å². The van der Waals surface area contributed by atoms with Gasteiger partial charge < -0.3 is 5.32 Å². The first kappa shape index (κ1) is 17.6. The number of aryl methyl sites for hydroxylation is 1. The fourth-order valence-corrected chi connectivity index (χ4v) is 1.80. The third kappa shape index (κ3) is 4.81. The summed E-state index contributed by atoms with van der Waals surface area (Å²) in [5.74, 6) is 0.807. The summed E-state index contributed by atoms with van der Waals surface area (Å²) in [6.45, 7) is 9.96. The lowest BCUT2D eigenvalue weighted by molar-refractivity contribution is 1.20. The number of fused-ring (bicyclic) bond motifs is 1. The van der Waals surface area contributed by atoms with Crippen LogP contribution in [0.1, 0.15) is 34.8 Å². The molecule has 0 atom stereocenters. The van der Waals surface area contributed by atoms with Crippen LogP contribution in [0.25, 0.3) is 11.0 Å². The number of hydrogen-bond donors (Lipinski definition) is 1. The van der Waals surface area contributed by atoms with Crippen LogP contribution in [0.15, 0.2) is 48.8 Å². The lowest BCUT2D eigenvalue weighted by Gasteiger charge is -2.06. The number of nitrogens with zero attached hydrogens (tertiary/aromatic N) is 3. The maximum Gasteiger partial charge on any atom is 0.131 e. The highest BCUT2D eigenvalue weighted by atomic mass is 15.0. The van der Waals surface area contributed by atoms with Crippen LogP contribution in [0.3, 0.4) is 0 Å². The number of hydrogen-bond acceptors (Lipinski definition) is 4. The SMILES string of the molecule is CC.CC.Cc1cc(Nc2ccc3ncccc3n2)ccn1.[HH]. The molecule has 3 heterocycles. The van der Waals surface area contributed by atoms with E-state index in [0.29, 0.717) is 0 Å². The molecule has 0 aliphatic carbocycles. The number of rotatable bonds is 2. The Morgan fingerprint density at radius 2 is 1.64 bits per heavy atom. The van der Waals surface area contributed by atoms with Gasteiger partial charge in [-0.2, -0.15) is 0 Å². The Balaban J connectivity index is 0.000000901. The van der Waals surface area contributed by atoms with E-state index in [4.69, 9.17) is 0 Å². The van der Waals surface area contributed by atoms with Crippen LogP contribution in [-0.4, -0.2) is 15.0 Å². The van der Waals surface area contributed by atoms with Gasteiger partial charge in [0.1, 0.15) is 5.82 Å². The van der Waals surface area contributed by atoms with Gasteiger partial charge in [0.15, 0.2) is 0 Å². The maximum absolute atomic E-state index is 4.51. The second-order valence-corrected chi connectivity index (χ2v) is 4.05. The van der Waals surface area contributed by atoms with Gasteiger partial charge in [-0.1, -0.05) is 27.7 Å². The summed E-state index contributed by atoms with van der Waals surface area (Å²) in [6, 6.07) is 11.6. The third-order valence-corrected chi connectivity index (χ3v) is 2.63. The number of aromatic nitrogens is 3. The van der Waals surface area contributed by atoms with Crippen LogP contribution in [0.2, 0.25) is 0 Å². The van der Waals surface area contributed by atoms with Gasteiger partial charge in [-0.05, 0) is 43.3 Å². The molecule has 0 fully saturated rings. The average molecular weight is 298 g/mol. The molecule has 0 amide bonds. The summed E-state index contributed by atoms with van der Waals surface area (Å²) >= 11 is 0. The topological polar surface area (TPSA) is 50.7 Å². The molecule has 3 rings (SSSR count). The van der Waals surface area contributed by atoms with Crippen molar-refractivity contribution in [3.63, 3.8) is 0 Å². The Labute approximate surface area is 134 Å². The first-order valence-corrected chi connectivity index (χ1v) is 7.73. The second-order valence-electron chi connectivity index (χ2n) is 4.05. The van der Waals surface area contributed by atoms with Crippen molar-refractivity contribution in [2.75, 3.05) is 5.32 Å². The lowest BCUT2D eigenvalue weighted by atomic mass is 10.3. The molecule has 3 aromatic rings. The van der Waals surface area contributed by atoms with Crippen molar-refractivity contribution in [1.82, 2.24) is 15.0 Å². The molecule has 1 N–H and O–H groups in total. The quantitative estimate of drug-likeness (QED) is 0.690. The fraction of sp³-hybridized carbons (Fsp3) is 0.278. The summed E-state index contributed by atoms with van der Waals surface area (Å²) < 4.78 is 0. The first-order chi connectivity index (χ1) is 10.8. The zero-order valence-corrected chi connectivity index (χ0v) is 14.0. The van der Waals surface area contributed by atoms with E-state index in [2.05, 4.69) is 20.3 Å². The van der Waals surface area contributed by atoms with Gasteiger partial charge in [0.25, 0.3) is 0 Å². The molecular weight excluding hydrogens is 272 g/mol. The van der Waals surface area contributed by atoms with Gasteiger partial charge in [-0.3, -0.25) is 9.97 Å². The van der Waals surface area contributed by atoms with Crippen molar-refractivity contribution in [2.45, 2.75) is 34.6 Å². The van der Waals surface area contributed by atoms with Crippen molar-refractivity contribution in [2.24, 2.45) is 0 Å². The Bertz CT molecular complexity index is 701. The van der Waals surface area contributed by atoms with Crippen molar-refractivity contribution in [1.29, 1.82) is 0 Å². The summed E-state index contributed by atoms with van der Waals surface area (Å²) in [4.78, 5) is 12.9. The summed E-state index contributed by atoms with van der Waals surface area (Å²) in [5, 5.41) is 3.26. The normalized spacial score (nSPS) is 9.14. The molecule has 0 radical (unpaired) electrons. The standard InChI is InChI=1S/C14H12N4.2C2H6.H2/c1-10-9-11(6-8-15-10)17-14-5-4-12-13(18-14)3-2-7-16-12;2*1-2;/h2-9H,1H3,(H,15,17,18);2*1-2H3;1H. The molecule has 0 unspecified atom stereocenters. The van der Waals surface area contributed by atoms with Gasteiger partial charge in [-0.25, -0.2) is 4.98 Å². The molecule has 0 saturated heterocycles. The number of pyridine rings is 3. The van der Waals surface area contributed by atoms with Crippen molar-refractivity contribution < 1.29 is 1.43 Å². The van der Waals surface area contributed by atoms with E-state index in [9.17, 15) is 0 Å². The molecule has 0 aromatic carbocycles. The predicted molar refractivity (Wildman–Crippen MR) is 96.6 cm³/mol. The highest BCUT2D eigenvalue weighted by Crippen LogP contribution is 2.17. The number of nitrogens with one attached hydrogen (secondary N) is 1. The molecular formula is C18H26N4. The molecule has 4 heteroatoms. The molecule has 118 valence electrons. The molecule has 0 bridgehead atoms. The smallest absolute Gasteiger partial charge is 0.131 e. The van der Waals surface area contributed by atoms with Crippen LogP contribution in [0, 0.1) is 6.92 Å². The zero-order chi connectivity index (χ0) is 16.4. The monoisotopic (exact) mass is 298 g/mol. The van der Waals surface area contributed by atoms with E-state index in [1.54, 1.807) is 12.4 Å². The Kier molecular flexibility index (Phi) is 7.54. The Hall–Kier alpha value is -2.49. The summed E-state index contributed by atoms with van der Waals surface area (Å²) in [6.07, 6.45) is 3.55. The summed E-state index contributed by atoms with van der Waals surface area (Å²) in [7, 11) is 0. The maximum atomic E-state index is 4.51. The minimum Gasteiger partial charge on any atom is -0.340 e. The van der Waals surface area contributed by atoms with E-state index in [1.807, 2.05) is 71.0 Å². The van der Waals surface area contributed by atoms with E-state index < -0.39 is 0 Å². The van der Waals surface area contributed by atoms with Crippen molar-refractivity contribution in [3.8, 4) is 0 Å². The highest BCUT2D eigenvalue weighted by Gasteiger charge is 1.99. The van der Waals surface area contributed by atoms with E-state index in [1.165, 1.54) is 0 Å². The minimum atomic E-state index is 0. The van der Waals surface area contributed by atoms with E-state index in [-0.39, 0.29) is 1.43 Å². The van der Waals surface area contributed by atoms with Crippen molar-refractivity contribution >= 4 is 22.5 Å². The van der Waals surface area contributed by atoms with Crippen LogP contribution >= 0.6 is 0 Å².